The van der Waals surface area contributed by atoms with Gasteiger partial charge in [0.25, 0.3) is 0 Å². The van der Waals surface area contributed by atoms with Crippen LogP contribution in [0.25, 0.3) is 0 Å². The molecule has 0 fully saturated rings. The standard InChI is InChI=1S/C10H14N2O3/c1-6-3-4-9(8(5-11)12-6)15-7(2)10(13)14/h3-4,7H,5,11H2,1-2H3,(H,13,14). The molecule has 82 valence electrons. The van der Waals surface area contributed by atoms with E-state index in [0.717, 1.165) is 5.69 Å². The number of ether oxygens (including phenoxy) is 1. The van der Waals surface area contributed by atoms with Gasteiger partial charge in [0, 0.05) is 12.2 Å². The summed E-state index contributed by atoms with van der Waals surface area (Å²) < 4.78 is 5.21. The molecule has 15 heavy (non-hydrogen) atoms. The third-order valence-electron chi connectivity index (χ3n) is 1.92. The molecule has 1 aromatic heterocycles. The summed E-state index contributed by atoms with van der Waals surface area (Å²) in [5, 5.41) is 8.68. The minimum absolute atomic E-state index is 0.226. The number of aromatic nitrogens is 1. The summed E-state index contributed by atoms with van der Waals surface area (Å²) in [6.45, 7) is 3.52. The van der Waals surface area contributed by atoms with Crippen molar-refractivity contribution in [3.05, 3.63) is 23.5 Å². The van der Waals surface area contributed by atoms with E-state index in [0.29, 0.717) is 11.4 Å². The molecule has 1 atom stereocenters. The first kappa shape index (κ1) is 11.5. The summed E-state index contributed by atoms with van der Waals surface area (Å²) in [4.78, 5) is 14.8. The normalized spacial score (nSPS) is 12.2. The maximum Gasteiger partial charge on any atom is 0.344 e. The molecule has 5 nitrogen and oxygen atoms in total. The molecule has 1 aromatic rings. The van der Waals surface area contributed by atoms with E-state index in [9.17, 15) is 4.79 Å². The molecule has 0 bridgehead atoms. The topological polar surface area (TPSA) is 85.4 Å². The van der Waals surface area contributed by atoms with Gasteiger partial charge in [0.15, 0.2) is 6.10 Å². The highest BCUT2D eigenvalue weighted by Crippen LogP contribution is 2.17. The molecular weight excluding hydrogens is 196 g/mol. The molecule has 0 aliphatic rings. The van der Waals surface area contributed by atoms with Crippen LogP contribution in [0.2, 0.25) is 0 Å². The molecule has 5 heteroatoms. The summed E-state index contributed by atoms with van der Waals surface area (Å²) >= 11 is 0. The van der Waals surface area contributed by atoms with Crippen LogP contribution in [0.1, 0.15) is 18.3 Å². The molecule has 0 saturated carbocycles. The van der Waals surface area contributed by atoms with Crippen molar-refractivity contribution in [1.29, 1.82) is 0 Å². The molecule has 3 N–H and O–H groups in total. The van der Waals surface area contributed by atoms with Crippen LogP contribution in [0.5, 0.6) is 5.75 Å². The Kier molecular flexibility index (Phi) is 3.62. The summed E-state index contributed by atoms with van der Waals surface area (Å²) in [6, 6.07) is 3.44. The van der Waals surface area contributed by atoms with E-state index in [1.54, 1.807) is 12.1 Å². The van der Waals surface area contributed by atoms with Crippen molar-refractivity contribution in [2.45, 2.75) is 26.5 Å². The number of nitrogens with zero attached hydrogens (tertiary/aromatic N) is 1. The Morgan fingerprint density at radius 3 is 2.87 bits per heavy atom. The molecule has 0 aromatic carbocycles. The maximum atomic E-state index is 10.6. The predicted molar refractivity (Wildman–Crippen MR) is 54.6 cm³/mol. The monoisotopic (exact) mass is 210 g/mol. The number of carboxylic acid groups (broad SMARTS) is 1. The number of aryl methyl sites for hydroxylation is 1. The SMILES string of the molecule is Cc1ccc(OC(C)C(=O)O)c(CN)n1. The van der Waals surface area contributed by atoms with E-state index in [1.165, 1.54) is 6.92 Å². The third kappa shape index (κ3) is 2.92. The van der Waals surface area contributed by atoms with Crippen molar-refractivity contribution in [3.8, 4) is 5.75 Å². The van der Waals surface area contributed by atoms with Crippen LogP contribution in [0.4, 0.5) is 0 Å². The first-order chi connectivity index (χ1) is 7.04. The van der Waals surface area contributed by atoms with Gasteiger partial charge in [-0.05, 0) is 26.0 Å². The van der Waals surface area contributed by atoms with E-state index >= 15 is 0 Å². The molecule has 0 saturated heterocycles. The Morgan fingerprint density at radius 2 is 2.33 bits per heavy atom. The van der Waals surface area contributed by atoms with Crippen molar-refractivity contribution >= 4 is 5.97 Å². The quantitative estimate of drug-likeness (QED) is 0.764. The van der Waals surface area contributed by atoms with Gasteiger partial charge in [-0.1, -0.05) is 0 Å². The molecule has 1 unspecified atom stereocenters. The molecule has 0 amide bonds. The molecule has 0 radical (unpaired) electrons. The van der Waals surface area contributed by atoms with Gasteiger partial charge in [-0.15, -0.1) is 0 Å². The summed E-state index contributed by atoms with van der Waals surface area (Å²) in [7, 11) is 0. The molecule has 1 heterocycles. The molecular formula is C10H14N2O3. The van der Waals surface area contributed by atoms with Crippen LogP contribution in [0.3, 0.4) is 0 Å². The van der Waals surface area contributed by atoms with E-state index in [4.69, 9.17) is 15.6 Å². The smallest absolute Gasteiger partial charge is 0.344 e. The zero-order chi connectivity index (χ0) is 11.4. The zero-order valence-corrected chi connectivity index (χ0v) is 8.73. The first-order valence-corrected chi connectivity index (χ1v) is 4.60. The van der Waals surface area contributed by atoms with Crippen LogP contribution in [0, 0.1) is 6.92 Å². The number of carboxylic acids is 1. The van der Waals surface area contributed by atoms with Gasteiger partial charge in [0.05, 0.1) is 5.69 Å². The highest BCUT2D eigenvalue weighted by molar-refractivity contribution is 5.72. The van der Waals surface area contributed by atoms with Crippen LogP contribution >= 0.6 is 0 Å². The van der Waals surface area contributed by atoms with Gasteiger partial charge in [-0.2, -0.15) is 0 Å². The fourth-order valence-electron chi connectivity index (χ4n) is 1.09. The van der Waals surface area contributed by atoms with Gasteiger partial charge in [0.1, 0.15) is 5.75 Å². The van der Waals surface area contributed by atoms with Gasteiger partial charge in [-0.3, -0.25) is 4.98 Å². The summed E-state index contributed by atoms with van der Waals surface area (Å²) in [6.07, 6.45) is -0.903. The lowest BCUT2D eigenvalue weighted by atomic mass is 10.3. The fourth-order valence-corrected chi connectivity index (χ4v) is 1.09. The fraction of sp³-hybridized carbons (Fsp3) is 0.400. The number of hydrogen-bond acceptors (Lipinski definition) is 4. The second-order valence-corrected chi connectivity index (χ2v) is 3.20. The van der Waals surface area contributed by atoms with E-state index in [1.807, 2.05) is 6.92 Å². The second kappa shape index (κ2) is 4.75. The van der Waals surface area contributed by atoms with Crippen molar-refractivity contribution in [3.63, 3.8) is 0 Å². The Labute approximate surface area is 87.9 Å². The van der Waals surface area contributed by atoms with Crippen LogP contribution in [-0.4, -0.2) is 22.2 Å². The summed E-state index contributed by atoms with van der Waals surface area (Å²) in [5.41, 5.74) is 6.88. The number of pyridine rings is 1. The minimum Gasteiger partial charge on any atom is -0.479 e. The van der Waals surface area contributed by atoms with Crippen molar-refractivity contribution in [1.82, 2.24) is 4.98 Å². The van der Waals surface area contributed by atoms with Gasteiger partial charge in [0.2, 0.25) is 0 Å². The molecule has 0 aliphatic heterocycles. The third-order valence-corrected chi connectivity index (χ3v) is 1.92. The summed E-state index contributed by atoms with van der Waals surface area (Å²) in [5.74, 6) is -0.587. The number of hydrogen-bond donors (Lipinski definition) is 2. The Bertz CT molecular complexity index is 366. The Balaban J connectivity index is 2.89. The Hall–Kier alpha value is -1.62. The minimum atomic E-state index is -1.02. The lowest BCUT2D eigenvalue weighted by Crippen LogP contribution is -2.24. The number of carbonyl (C=O) groups is 1. The van der Waals surface area contributed by atoms with Gasteiger partial charge < -0.3 is 15.6 Å². The predicted octanol–water partition coefficient (Wildman–Crippen LogP) is 0.701. The molecule has 1 rings (SSSR count). The largest absolute Gasteiger partial charge is 0.479 e. The molecule has 0 aliphatic carbocycles. The highest BCUT2D eigenvalue weighted by atomic mass is 16.5. The second-order valence-electron chi connectivity index (χ2n) is 3.20. The van der Waals surface area contributed by atoms with Crippen molar-refractivity contribution in [2.24, 2.45) is 5.73 Å². The lowest BCUT2D eigenvalue weighted by molar-refractivity contribution is -0.144. The van der Waals surface area contributed by atoms with E-state index < -0.39 is 12.1 Å². The van der Waals surface area contributed by atoms with Gasteiger partial charge >= 0.3 is 5.97 Å². The maximum absolute atomic E-state index is 10.6. The Morgan fingerprint density at radius 1 is 1.67 bits per heavy atom. The number of rotatable bonds is 4. The first-order valence-electron chi connectivity index (χ1n) is 4.60. The van der Waals surface area contributed by atoms with Crippen LogP contribution < -0.4 is 10.5 Å². The van der Waals surface area contributed by atoms with E-state index in [2.05, 4.69) is 4.98 Å². The molecule has 0 spiro atoms. The zero-order valence-electron chi connectivity index (χ0n) is 8.73. The highest BCUT2D eigenvalue weighted by Gasteiger charge is 2.14. The average Bonchev–Trinajstić information content (AvgIpc) is 2.20. The number of nitrogens with two attached hydrogens (primary N) is 1. The van der Waals surface area contributed by atoms with Crippen molar-refractivity contribution in [2.75, 3.05) is 0 Å². The van der Waals surface area contributed by atoms with E-state index in [-0.39, 0.29) is 6.54 Å². The van der Waals surface area contributed by atoms with Crippen molar-refractivity contribution < 1.29 is 14.6 Å². The van der Waals surface area contributed by atoms with Gasteiger partial charge in [-0.25, -0.2) is 4.79 Å². The number of aliphatic carboxylic acids is 1. The van der Waals surface area contributed by atoms with Crippen LogP contribution in [-0.2, 0) is 11.3 Å². The van der Waals surface area contributed by atoms with Crippen LogP contribution in [0.15, 0.2) is 12.1 Å². The average molecular weight is 210 g/mol. The lowest BCUT2D eigenvalue weighted by Gasteiger charge is -2.13.